The van der Waals surface area contributed by atoms with Crippen molar-refractivity contribution in [3.8, 4) is 5.69 Å². The number of nitrogens with zero attached hydrogens (tertiary/aromatic N) is 2. The SMILES string of the molecule is CCOC(=O)c1cn(-c2cc(N)c(F)cc2COC(C)=O)c2c(Cl)c(N3CC(NC4CCOCC4)C3)c(F)cc2c1=O. The molecule has 1 aromatic heterocycles. The van der Waals surface area contributed by atoms with Gasteiger partial charge in [0.05, 0.1) is 39.6 Å². The average molecular weight is 605 g/mol. The first-order valence-electron chi connectivity index (χ1n) is 13.6. The van der Waals surface area contributed by atoms with Crippen LogP contribution < -0.4 is 21.4 Å². The minimum absolute atomic E-state index is 0.0103. The van der Waals surface area contributed by atoms with E-state index in [4.69, 9.17) is 31.5 Å². The number of ether oxygens (including phenoxy) is 3. The number of carbonyl (C=O) groups is 2. The fourth-order valence-electron chi connectivity index (χ4n) is 5.34. The number of carbonyl (C=O) groups excluding carboxylic acids is 2. The second-order valence-corrected chi connectivity index (χ2v) is 10.7. The van der Waals surface area contributed by atoms with Gasteiger partial charge in [0.25, 0.3) is 0 Å². The number of nitrogens with two attached hydrogens (primary N) is 1. The van der Waals surface area contributed by atoms with Crippen molar-refractivity contribution in [2.75, 3.05) is 43.5 Å². The summed E-state index contributed by atoms with van der Waals surface area (Å²) in [6.45, 7) is 4.76. The van der Waals surface area contributed by atoms with Gasteiger partial charge in [-0.1, -0.05) is 11.6 Å². The molecule has 3 N–H and O–H groups in total. The summed E-state index contributed by atoms with van der Waals surface area (Å²) in [6.07, 6.45) is 2.99. The summed E-state index contributed by atoms with van der Waals surface area (Å²) in [5.41, 5.74) is 4.98. The van der Waals surface area contributed by atoms with Crippen molar-refractivity contribution in [3.05, 3.63) is 62.4 Å². The van der Waals surface area contributed by atoms with Crippen molar-refractivity contribution >= 4 is 45.8 Å². The molecule has 2 aliphatic rings. The molecule has 224 valence electrons. The zero-order valence-corrected chi connectivity index (χ0v) is 23.9. The number of anilines is 2. The van der Waals surface area contributed by atoms with Crippen LogP contribution in [0.25, 0.3) is 16.6 Å². The van der Waals surface area contributed by atoms with Crippen LogP contribution in [0, 0.1) is 11.6 Å². The topological polar surface area (TPSA) is 125 Å². The summed E-state index contributed by atoms with van der Waals surface area (Å²) < 4.78 is 47.2. The van der Waals surface area contributed by atoms with E-state index in [-0.39, 0.29) is 57.8 Å². The Morgan fingerprint density at radius 2 is 1.83 bits per heavy atom. The average Bonchev–Trinajstić information content (AvgIpc) is 2.93. The molecular formula is C29H31ClF2N4O6. The summed E-state index contributed by atoms with van der Waals surface area (Å²) in [4.78, 5) is 39.6. The molecule has 0 spiro atoms. The Kier molecular flexibility index (Phi) is 8.67. The van der Waals surface area contributed by atoms with Gasteiger partial charge in [0.15, 0.2) is 0 Å². The van der Waals surface area contributed by atoms with Gasteiger partial charge in [0.1, 0.15) is 23.8 Å². The number of nitrogens with one attached hydrogen (secondary N) is 1. The van der Waals surface area contributed by atoms with Gasteiger partial charge in [0, 0.05) is 57.1 Å². The first-order chi connectivity index (χ1) is 20.1. The Morgan fingerprint density at radius 1 is 1.12 bits per heavy atom. The van der Waals surface area contributed by atoms with Crippen LogP contribution >= 0.6 is 11.6 Å². The van der Waals surface area contributed by atoms with Crippen molar-refractivity contribution in [2.45, 2.75) is 45.4 Å². The molecule has 3 aromatic rings. The van der Waals surface area contributed by atoms with Gasteiger partial charge in [-0.25, -0.2) is 13.6 Å². The molecule has 5 rings (SSSR count). The molecule has 2 fully saturated rings. The Balaban J connectivity index is 1.65. The van der Waals surface area contributed by atoms with Crippen molar-refractivity contribution in [1.82, 2.24) is 9.88 Å². The molecule has 42 heavy (non-hydrogen) atoms. The molecule has 0 aliphatic carbocycles. The van der Waals surface area contributed by atoms with Gasteiger partial charge in [-0.15, -0.1) is 0 Å². The quantitative estimate of drug-likeness (QED) is 0.292. The van der Waals surface area contributed by atoms with Crippen LogP contribution in [0.5, 0.6) is 0 Å². The van der Waals surface area contributed by atoms with E-state index in [1.807, 2.05) is 0 Å². The van der Waals surface area contributed by atoms with E-state index in [1.54, 1.807) is 11.8 Å². The van der Waals surface area contributed by atoms with Crippen LogP contribution in [0.1, 0.15) is 42.6 Å². The van der Waals surface area contributed by atoms with Crippen LogP contribution in [0.2, 0.25) is 5.02 Å². The van der Waals surface area contributed by atoms with E-state index in [0.29, 0.717) is 32.3 Å². The lowest BCUT2D eigenvalue weighted by molar-refractivity contribution is -0.142. The second-order valence-electron chi connectivity index (χ2n) is 10.3. The Labute approximate surface area is 245 Å². The van der Waals surface area contributed by atoms with Crippen LogP contribution in [0.4, 0.5) is 20.2 Å². The molecule has 0 bridgehead atoms. The highest BCUT2D eigenvalue weighted by atomic mass is 35.5. The maximum Gasteiger partial charge on any atom is 0.343 e. The van der Waals surface area contributed by atoms with E-state index in [1.165, 1.54) is 23.8 Å². The number of pyridine rings is 1. The maximum absolute atomic E-state index is 15.7. The summed E-state index contributed by atoms with van der Waals surface area (Å²) in [6, 6.07) is 3.82. The van der Waals surface area contributed by atoms with Gasteiger partial charge in [-0.2, -0.15) is 0 Å². The predicted molar refractivity (Wildman–Crippen MR) is 153 cm³/mol. The maximum atomic E-state index is 15.7. The number of hydrogen-bond donors (Lipinski definition) is 2. The second kappa shape index (κ2) is 12.2. The number of halogens is 3. The molecule has 13 heteroatoms. The third kappa shape index (κ3) is 5.79. The van der Waals surface area contributed by atoms with Gasteiger partial charge in [0.2, 0.25) is 5.43 Å². The van der Waals surface area contributed by atoms with E-state index in [2.05, 4.69) is 5.32 Å². The lowest BCUT2D eigenvalue weighted by Gasteiger charge is -2.44. The van der Waals surface area contributed by atoms with E-state index >= 15 is 4.39 Å². The molecule has 0 saturated carbocycles. The Bertz CT molecular complexity index is 1600. The molecule has 2 aliphatic heterocycles. The number of nitrogen functional groups attached to an aromatic ring is 1. The van der Waals surface area contributed by atoms with Crippen LogP contribution in [-0.2, 0) is 25.6 Å². The highest BCUT2D eigenvalue weighted by molar-refractivity contribution is 6.38. The van der Waals surface area contributed by atoms with Crippen molar-refractivity contribution in [2.24, 2.45) is 0 Å². The number of rotatable bonds is 8. The minimum atomic E-state index is -0.930. The number of fused-ring (bicyclic) bond motifs is 1. The first kappa shape index (κ1) is 29.7. The third-order valence-corrected chi connectivity index (χ3v) is 7.79. The van der Waals surface area contributed by atoms with E-state index in [9.17, 15) is 18.8 Å². The lowest BCUT2D eigenvalue weighted by atomic mass is 10.0. The van der Waals surface area contributed by atoms with Gasteiger partial charge in [-0.05, 0) is 38.0 Å². The number of benzene rings is 2. The fourth-order valence-corrected chi connectivity index (χ4v) is 5.74. The fraction of sp³-hybridized carbons (Fsp3) is 0.414. The summed E-state index contributed by atoms with van der Waals surface area (Å²) >= 11 is 6.88. The summed E-state index contributed by atoms with van der Waals surface area (Å²) in [5, 5.41) is 3.30. The zero-order valence-electron chi connectivity index (χ0n) is 23.2. The Hall–Kier alpha value is -3.74. The standard InChI is InChI=1S/C29H31ClF2N4O6/c1-3-41-29(39)20-13-36(24-10-23(33)21(31)8-16(24)14-42-15(2)37)26-19(28(20)38)9-22(32)27(25(26)30)35-11-18(12-35)34-17-4-6-40-7-5-17/h8-10,13,17-18,34H,3-7,11-12,14,33H2,1-2H3. The first-order valence-corrected chi connectivity index (χ1v) is 14.0. The summed E-state index contributed by atoms with van der Waals surface area (Å²) in [7, 11) is 0. The Morgan fingerprint density at radius 3 is 2.50 bits per heavy atom. The van der Waals surface area contributed by atoms with Gasteiger partial charge < -0.3 is 34.7 Å². The van der Waals surface area contributed by atoms with Crippen molar-refractivity contribution in [1.29, 1.82) is 0 Å². The van der Waals surface area contributed by atoms with Crippen molar-refractivity contribution < 1.29 is 32.6 Å². The molecule has 2 aromatic carbocycles. The normalized spacial score (nSPS) is 16.0. The van der Waals surface area contributed by atoms with Crippen LogP contribution in [-0.4, -0.2) is 61.5 Å². The highest BCUT2D eigenvalue weighted by Gasteiger charge is 2.34. The highest BCUT2D eigenvalue weighted by Crippen LogP contribution is 2.39. The molecule has 0 unspecified atom stereocenters. The van der Waals surface area contributed by atoms with E-state index < -0.39 is 34.6 Å². The van der Waals surface area contributed by atoms with Gasteiger partial charge in [-0.3, -0.25) is 9.59 Å². The van der Waals surface area contributed by atoms with E-state index in [0.717, 1.165) is 25.0 Å². The molecule has 0 radical (unpaired) electrons. The monoisotopic (exact) mass is 604 g/mol. The molecule has 2 saturated heterocycles. The van der Waals surface area contributed by atoms with Crippen LogP contribution in [0.15, 0.2) is 29.2 Å². The molecule has 3 heterocycles. The summed E-state index contributed by atoms with van der Waals surface area (Å²) in [5.74, 6) is -3.04. The lowest BCUT2D eigenvalue weighted by Crippen LogP contribution is -2.61. The molecule has 0 atom stereocenters. The predicted octanol–water partition coefficient (Wildman–Crippen LogP) is 3.70. The number of esters is 2. The minimum Gasteiger partial charge on any atom is -0.462 e. The smallest absolute Gasteiger partial charge is 0.343 e. The number of hydrogen-bond acceptors (Lipinski definition) is 9. The van der Waals surface area contributed by atoms with Crippen molar-refractivity contribution in [3.63, 3.8) is 0 Å². The third-order valence-electron chi connectivity index (χ3n) is 7.43. The molecule has 0 amide bonds. The largest absolute Gasteiger partial charge is 0.462 e. The number of aromatic nitrogens is 1. The van der Waals surface area contributed by atoms with Crippen LogP contribution in [0.3, 0.4) is 0 Å². The van der Waals surface area contributed by atoms with Gasteiger partial charge >= 0.3 is 11.9 Å². The molecule has 10 nitrogen and oxygen atoms in total. The molecular weight excluding hydrogens is 574 g/mol. The zero-order chi connectivity index (χ0) is 30.1.